The normalized spacial score (nSPS) is 10.7. The van der Waals surface area contributed by atoms with E-state index in [0.717, 1.165) is 35.1 Å². The lowest BCUT2D eigenvalue weighted by atomic mass is 10.0. The van der Waals surface area contributed by atoms with Crippen molar-refractivity contribution in [1.82, 2.24) is 0 Å². The average molecular weight is 419 g/mol. The molecule has 0 fully saturated rings. The zero-order valence-electron chi connectivity index (χ0n) is 18.1. The van der Waals surface area contributed by atoms with E-state index in [4.69, 9.17) is 14.2 Å². The predicted molar refractivity (Wildman–Crippen MR) is 122 cm³/mol. The van der Waals surface area contributed by atoms with Gasteiger partial charge in [-0.05, 0) is 42.5 Å². The third-order valence-corrected chi connectivity index (χ3v) is 4.91. The van der Waals surface area contributed by atoms with Gasteiger partial charge in [0.05, 0.1) is 25.4 Å². The minimum absolute atomic E-state index is 0.277. The molecule has 162 valence electrons. The van der Waals surface area contributed by atoms with Crippen LogP contribution in [0.25, 0.3) is 0 Å². The van der Waals surface area contributed by atoms with E-state index in [2.05, 4.69) is 6.07 Å². The Labute approximate surface area is 184 Å². The molecule has 0 unspecified atom stereocenters. The molecule has 0 bridgehead atoms. The molecule has 0 spiro atoms. The van der Waals surface area contributed by atoms with Crippen LogP contribution in [0.15, 0.2) is 78.9 Å². The molecule has 31 heavy (non-hydrogen) atoms. The van der Waals surface area contributed by atoms with Crippen molar-refractivity contribution in [2.24, 2.45) is 0 Å². The number of hydrogen-bond acceptors (Lipinski definition) is 4. The van der Waals surface area contributed by atoms with Crippen molar-refractivity contribution in [3.05, 3.63) is 107 Å². The molecule has 0 saturated carbocycles. The molecule has 0 radical (unpaired) electrons. The zero-order valence-corrected chi connectivity index (χ0v) is 18.1. The molecule has 0 aliphatic carbocycles. The largest absolute Gasteiger partial charge is 0.457 e. The Balaban J connectivity index is 1.38. The van der Waals surface area contributed by atoms with Crippen molar-refractivity contribution in [2.75, 3.05) is 19.8 Å². The number of esters is 1. The molecule has 0 heterocycles. The molecule has 0 amide bonds. The van der Waals surface area contributed by atoms with Gasteiger partial charge in [-0.15, -0.1) is 0 Å². The van der Waals surface area contributed by atoms with Crippen LogP contribution in [0.1, 0.15) is 39.0 Å². The molecule has 0 aromatic heterocycles. The fourth-order valence-corrected chi connectivity index (χ4v) is 3.28. The summed E-state index contributed by atoms with van der Waals surface area (Å²) in [6.45, 7) is 4.66. The summed E-state index contributed by atoms with van der Waals surface area (Å²) in [5.74, 6) is -0.283. The molecule has 4 nitrogen and oxygen atoms in total. The van der Waals surface area contributed by atoms with Crippen LogP contribution in [0.5, 0.6) is 0 Å². The van der Waals surface area contributed by atoms with Crippen LogP contribution in [0, 0.1) is 6.92 Å². The molecular formula is C27H30O4. The summed E-state index contributed by atoms with van der Waals surface area (Å²) in [6, 6.07) is 25.7. The van der Waals surface area contributed by atoms with E-state index in [0.29, 0.717) is 32.0 Å². The molecule has 3 aromatic rings. The second kappa shape index (κ2) is 12.7. The number of carbonyl (C=O) groups excluding carboxylic acids is 1. The van der Waals surface area contributed by atoms with Crippen LogP contribution in [0.3, 0.4) is 0 Å². The maximum Gasteiger partial charge on any atom is 0.338 e. The van der Waals surface area contributed by atoms with E-state index in [-0.39, 0.29) is 12.6 Å². The topological polar surface area (TPSA) is 44.8 Å². The lowest BCUT2D eigenvalue weighted by molar-refractivity contribution is 0.0397. The van der Waals surface area contributed by atoms with E-state index in [1.54, 1.807) is 0 Å². The molecule has 0 aliphatic rings. The summed E-state index contributed by atoms with van der Waals surface area (Å²) in [4.78, 5) is 12.6. The Morgan fingerprint density at radius 2 is 1.39 bits per heavy atom. The lowest BCUT2D eigenvalue weighted by Crippen LogP contribution is -2.10. The summed E-state index contributed by atoms with van der Waals surface area (Å²) in [6.07, 6.45) is 1.60. The van der Waals surface area contributed by atoms with Gasteiger partial charge in [-0.25, -0.2) is 4.79 Å². The van der Waals surface area contributed by atoms with Crippen molar-refractivity contribution in [3.8, 4) is 0 Å². The molecular weight excluding hydrogens is 388 g/mol. The molecule has 0 aliphatic heterocycles. The quantitative estimate of drug-likeness (QED) is 0.287. The van der Waals surface area contributed by atoms with Crippen LogP contribution in [-0.4, -0.2) is 25.8 Å². The van der Waals surface area contributed by atoms with Crippen LogP contribution in [0.4, 0.5) is 0 Å². The first-order valence-corrected chi connectivity index (χ1v) is 10.7. The summed E-state index contributed by atoms with van der Waals surface area (Å²) in [5, 5.41) is 0. The van der Waals surface area contributed by atoms with Gasteiger partial charge in [-0.2, -0.15) is 0 Å². The predicted octanol–water partition coefficient (Wildman–Crippen LogP) is 5.52. The molecule has 4 heteroatoms. The average Bonchev–Trinajstić information content (AvgIpc) is 2.80. The summed E-state index contributed by atoms with van der Waals surface area (Å²) >= 11 is 0. The molecule has 0 N–H and O–H groups in total. The van der Waals surface area contributed by atoms with Crippen molar-refractivity contribution in [3.63, 3.8) is 0 Å². The Bertz CT molecular complexity index is 922. The number of ether oxygens (including phenoxy) is 3. The highest BCUT2D eigenvalue weighted by molar-refractivity contribution is 5.91. The van der Waals surface area contributed by atoms with E-state index >= 15 is 0 Å². The first-order valence-electron chi connectivity index (χ1n) is 10.7. The van der Waals surface area contributed by atoms with E-state index in [9.17, 15) is 4.79 Å². The molecule has 3 rings (SSSR count). The minimum atomic E-state index is -0.283. The van der Waals surface area contributed by atoms with Crippen molar-refractivity contribution >= 4 is 5.97 Å². The number of carbonyl (C=O) groups is 1. The summed E-state index contributed by atoms with van der Waals surface area (Å²) < 4.78 is 16.8. The SMILES string of the molecule is Cc1ccc(C(=O)OCc2ccccc2)c(CCCOCCOCc2ccccc2)c1. The van der Waals surface area contributed by atoms with Gasteiger partial charge in [0.1, 0.15) is 6.61 Å². The highest BCUT2D eigenvalue weighted by Gasteiger charge is 2.13. The Kier molecular flexibility index (Phi) is 9.30. The zero-order chi connectivity index (χ0) is 21.7. The number of rotatable bonds is 12. The van der Waals surface area contributed by atoms with Crippen molar-refractivity contribution in [2.45, 2.75) is 33.0 Å². The maximum atomic E-state index is 12.6. The smallest absolute Gasteiger partial charge is 0.338 e. The summed E-state index contributed by atoms with van der Waals surface area (Å²) in [5.41, 5.74) is 4.90. The third kappa shape index (κ3) is 8.00. The van der Waals surface area contributed by atoms with Crippen LogP contribution < -0.4 is 0 Å². The first kappa shape index (κ1) is 22.7. The van der Waals surface area contributed by atoms with E-state index < -0.39 is 0 Å². The minimum Gasteiger partial charge on any atom is -0.457 e. The van der Waals surface area contributed by atoms with Gasteiger partial charge >= 0.3 is 5.97 Å². The Morgan fingerprint density at radius 3 is 2.10 bits per heavy atom. The second-order valence-corrected chi connectivity index (χ2v) is 7.48. The van der Waals surface area contributed by atoms with E-state index in [1.807, 2.05) is 79.7 Å². The maximum absolute atomic E-state index is 12.6. The van der Waals surface area contributed by atoms with E-state index in [1.165, 1.54) is 0 Å². The third-order valence-electron chi connectivity index (χ3n) is 4.91. The van der Waals surface area contributed by atoms with Gasteiger partial charge in [0, 0.05) is 6.61 Å². The summed E-state index contributed by atoms with van der Waals surface area (Å²) in [7, 11) is 0. The second-order valence-electron chi connectivity index (χ2n) is 7.48. The molecule has 0 atom stereocenters. The highest BCUT2D eigenvalue weighted by atomic mass is 16.5. The number of hydrogen-bond donors (Lipinski definition) is 0. The lowest BCUT2D eigenvalue weighted by Gasteiger charge is -2.11. The van der Waals surface area contributed by atoms with Gasteiger partial charge in [0.15, 0.2) is 0 Å². The standard InChI is InChI=1S/C27H30O4/c1-22-14-15-26(27(28)31-21-24-11-6-3-7-12-24)25(19-22)13-8-16-29-17-18-30-20-23-9-4-2-5-10-23/h2-7,9-12,14-15,19H,8,13,16-18,20-21H2,1H3. The first-order chi connectivity index (χ1) is 15.2. The fourth-order valence-electron chi connectivity index (χ4n) is 3.28. The molecule has 3 aromatic carbocycles. The van der Waals surface area contributed by atoms with Gasteiger partial charge in [0.25, 0.3) is 0 Å². The van der Waals surface area contributed by atoms with Gasteiger partial charge in [-0.3, -0.25) is 0 Å². The molecule has 0 saturated heterocycles. The van der Waals surface area contributed by atoms with Crippen LogP contribution >= 0.6 is 0 Å². The Morgan fingerprint density at radius 1 is 0.742 bits per heavy atom. The van der Waals surface area contributed by atoms with Crippen LogP contribution in [-0.2, 0) is 33.8 Å². The van der Waals surface area contributed by atoms with Gasteiger partial charge < -0.3 is 14.2 Å². The van der Waals surface area contributed by atoms with Crippen LogP contribution in [0.2, 0.25) is 0 Å². The van der Waals surface area contributed by atoms with Gasteiger partial charge in [0.2, 0.25) is 0 Å². The monoisotopic (exact) mass is 418 g/mol. The fraction of sp³-hybridized carbons (Fsp3) is 0.296. The van der Waals surface area contributed by atoms with Gasteiger partial charge in [-0.1, -0.05) is 78.4 Å². The Hall–Kier alpha value is -2.95. The van der Waals surface area contributed by atoms with Crippen molar-refractivity contribution in [1.29, 1.82) is 0 Å². The number of aryl methyl sites for hydroxylation is 2. The highest BCUT2D eigenvalue weighted by Crippen LogP contribution is 2.16. The number of benzene rings is 3. The van der Waals surface area contributed by atoms with Crippen molar-refractivity contribution < 1.29 is 19.0 Å².